The maximum absolute atomic E-state index is 12.7. The molecule has 8 nitrogen and oxygen atoms in total. The number of hydrogen-bond donors (Lipinski definition) is 1. The molecule has 152 valence electrons. The van der Waals surface area contributed by atoms with Crippen molar-refractivity contribution >= 4 is 23.9 Å². The minimum absolute atomic E-state index is 0.0366. The second-order valence-electron chi connectivity index (χ2n) is 8.44. The van der Waals surface area contributed by atoms with E-state index in [1.165, 1.54) is 0 Å². The zero-order valence-electron chi connectivity index (χ0n) is 16.6. The normalized spacial score (nSPS) is 26.1. The molecule has 0 aromatic rings. The zero-order chi connectivity index (χ0) is 20.2. The largest absolute Gasteiger partial charge is 0.463 e. The van der Waals surface area contributed by atoms with Crippen LogP contribution in [-0.2, 0) is 23.9 Å². The lowest BCUT2D eigenvalue weighted by Crippen LogP contribution is -2.53. The Balaban J connectivity index is 1.93. The van der Waals surface area contributed by atoms with Crippen molar-refractivity contribution in [1.82, 2.24) is 10.2 Å². The number of carbonyl (C=O) groups is 4. The van der Waals surface area contributed by atoms with E-state index >= 15 is 0 Å². The van der Waals surface area contributed by atoms with Gasteiger partial charge in [0.15, 0.2) is 0 Å². The fourth-order valence-electron chi connectivity index (χ4n) is 3.53. The molecule has 8 heteroatoms. The smallest absolute Gasteiger partial charge is 0.407 e. The van der Waals surface area contributed by atoms with Gasteiger partial charge < -0.3 is 14.8 Å². The monoisotopic (exact) mass is 382 g/mol. The highest BCUT2D eigenvalue weighted by molar-refractivity contribution is 6.01. The van der Waals surface area contributed by atoms with Gasteiger partial charge in [0.05, 0.1) is 12.0 Å². The van der Waals surface area contributed by atoms with Crippen molar-refractivity contribution in [2.75, 3.05) is 13.2 Å². The van der Waals surface area contributed by atoms with Crippen LogP contribution in [0, 0.1) is 5.41 Å². The van der Waals surface area contributed by atoms with Gasteiger partial charge in [0.1, 0.15) is 12.2 Å². The molecule has 0 radical (unpaired) electrons. The third-order valence-corrected chi connectivity index (χ3v) is 5.07. The van der Waals surface area contributed by atoms with E-state index in [2.05, 4.69) is 5.32 Å². The number of nitrogens with zero attached hydrogens (tertiary/aromatic N) is 1. The van der Waals surface area contributed by atoms with E-state index in [1.54, 1.807) is 27.7 Å². The summed E-state index contributed by atoms with van der Waals surface area (Å²) in [6.45, 7) is 7.16. The Kier molecular flexibility index (Phi) is 6.49. The first-order valence-corrected chi connectivity index (χ1v) is 9.53. The molecule has 1 aliphatic carbocycles. The van der Waals surface area contributed by atoms with Crippen molar-refractivity contribution in [3.05, 3.63) is 0 Å². The second kappa shape index (κ2) is 8.27. The first kappa shape index (κ1) is 21.2. The molecule has 2 aliphatic rings. The zero-order valence-corrected chi connectivity index (χ0v) is 16.6. The lowest BCUT2D eigenvalue weighted by molar-refractivity contribution is -0.160. The molecule has 0 bridgehead atoms. The van der Waals surface area contributed by atoms with Gasteiger partial charge in [0.25, 0.3) is 0 Å². The summed E-state index contributed by atoms with van der Waals surface area (Å²) in [7, 11) is 0. The Morgan fingerprint density at radius 2 is 1.81 bits per heavy atom. The van der Waals surface area contributed by atoms with Gasteiger partial charge in [-0.15, -0.1) is 0 Å². The van der Waals surface area contributed by atoms with Crippen LogP contribution in [0.5, 0.6) is 0 Å². The predicted octanol–water partition coefficient (Wildman–Crippen LogP) is 2.15. The number of carbonyl (C=O) groups excluding carboxylic acids is 4. The highest BCUT2D eigenvalue weighted by Crippen LogP contribution is 2.37. The van der Waals surface area contributed by atoms with Gasteiger partial charge >= 0.3 is 12.1 Å². The van der Waals surface area contributed by atoms with Crippen LogP contribution >= 0.6 is 0 Å². The van der Waals surface area contributed by atoms with Crippen LogP contribution in [-0.4, -0.2) is 53.6 Å². The molecule has 0 aromatic heterocycles. The highest BCUT2D eigenvalue weighted by atomic mass is 16.6. The summed E-state index contributed by atoms with van der Waals surface area (Å²) >= 11 is 0. The molecule has 0 aromatic carbocycles. The minimum atomic E-state index is -0.867. The molecule has 27 heavy (non-hydrogen) atoms. The van der Waals surface area contributed by atoms with Gasteiger partial charge in [0, 0.05) is 18.9 Å². The number of alkyl carbamates (subject to hydrolysis) is 1. The summed E-state index contributed by atoms with van der Waals surface area (Å²) < 4.78 is 10.7. The molecule has 0 spiro atoms. The van der Waals surface area contributed by atoms with Crippen LogP contribution < -0.4 is 5.32 Å². The number of ether oxygens (including phenoxy) is 2. The Hall–Kier alpha value is -2.12. The third-order valence-electron chi connectivity index (χ3n) is 5.07. The van der Waals surface area contributed by atoms with Gasteiger partial charge in [-0.25, -0.2) is 4.79 Å². The summed E-state index contributed by atoms with van der Waals surface area (Å²) in [6.07, 6.45) is 2.89. The van der Waals surface area contributed by atoms with Crippen LogP contribution in [0.4, 0.5) is 4.79 Å². The fraction of sp³-hybridized carbons (Fsp3) is 0.789. The Labute approximate surface area is 159 Å². The van der Waals surface area contributed by atoms with E-state index in [0.29, 0.717) is 12.8 Å². The number of hydrogen-bond acceptors (Lipinski definition) is 6. The van der Waals surface area contributed by atoms with Crippen molar-refractivity contribution in [3.63, 3.8) is 0 Å². The van der Waals surface area contributed by atoms with E-state index < -0.39 is 23.1 Å². The fourth-order valence-corrected chi connectivity index (χ4v) is 3.53. The lowest BCUT2D eigenvalue weighted by atomic mass is 9.71. The number of amides is 3. The molecular formula is C19H30N2O6. The number of rotatable bonds is 5. The molecule has 1 saturated carbocycles. The first-order valence-electron chi connectivity index (χ1n) is 9.53. The number of likely N-dealkylation sites (tertiary alicyclic amines) is 1. The van der Waals surface area contributed by atoms with Crippen molar-refractivity contribution in [3.8, 4) is 0 Å². The highest BCUT2D eigenvalue weighted by Gasteiger charge is 2.45. The maximum Gasteiger partial charge on any atom is 0.407 e. The van der Waals surface area contributed by atoms with E-state index in [4.69, 9.17) is 9.47 Å². The number of imide groups is 1. The number of nitrogens with one attached hydrogen (secondary N) is 1. The molecule has 2 atom stereocenters. The molecule has 2 fully saturated rings. The lowest BCUT2D eigenvalue weighted by Gasteiger charge is -2.39. The summed E-state index contributed by atoms with van der Waals surface area (Å²) in [5, 5.41) is 2.81. The Morgan fingerprint density at radius 3 is 2.41 bits per heavy atom. The summed E-state index contributed by atoms with van der Waals surface area (Å²) in [5.74, 6) is -0.892. The summed E-state index contributed by atoms with van der Waals surface area (Å²) in [6, 6.07) is -0.386. The molecule has 1 heterocycles. The van der Waals surface area contributed by atoms with Gasteiger partial charge in [-0.05, 0) is 40.5 Å². The molecule has 2 unspecified atom stereocenters. The van der Waals surface area contributed by atoms with Crippen molar-refractivity contribution in [2.24, 2.45) is 5.41 Å². The van der Waals surface area contributed by atoms with Crippen LogP contribution in [0.3, 0.4) is 0 Å². The molecule has 2 rings (SSSR count). The third kappa shape index (κ3) is 5.43. The molecule has 1 aliphatic heterocycles. The Morgan fingerprint density at radius 1 is 1.19 bits per heavy atom. The van der Waals surface area contributed by atoms with Gasteiger partial charge in [-0.1, -0.05) is 12.8 Å². The standard InChI is InChI=1S/C19H30N2O6/c1-18(2,3)27-17(25)20-13-7-5-6-10-19(13,4)16(24)26-12-11-21-14(22)8-9-15(21)23/h13H,5-12H2,1-4H3,(H,20,25). The average molecular weight is 382 g/mol. The van der Waals surface area contributed by atoms with Crippen LogP contribution in [0.2, 0.25) is 0 Å². The van der Waals surface area contributed by atoms with Crippen LogP contribution in [0.15, 0.2) is 0 Å². The average Bonchev–Trinajstić information content (AvgIpc) is 2.87. The first-order chi connectivity index (χ1) is 12.5. The summed E-state index contributed by atoms with van der Waals surface area (Å²) in [5.41, 5.74) is -1.49. The Bertz CT molecular complexity index is 596. The van der Waals surface area contributed by atoms with Crippen molar-refractivity contribution in [2.45, 2.75) is 77.9 Å². The maximum atomic E-state index is 12.7. The van der Waals surface area contributed by atoms with E-state index in [9.17, 15) is 19.2 Å². The van der Waals surface area contributed by atoms with Gasteiger partial charge in [0.2, 0.25) is 11.8 Å². The SMILES string of the molecule is CC(C)(C)OC(=O)NC1CCCCC1(C)C(=O)OCCN1C(=O)CCC1=O. The second-order valence-corrected chi connectivity index (χ2v) is 8.44. The predicted molar refractivity (Wildman–Crippen MR) is 96.6 cm³/mol. The molecular weight excluding hydrogens is 352 g/mol. The number of esters is 1. The van der Waals surface area contributed by atoms with Crippen molar-refractivity contribution in [1.29, 1.82) is 0 Å². The van der Waals surface area contributed by atoms with Gasteiger partial charge in [-0.3, -0.25) is 19.3 Å². The van der Waals surface area contributed by atoms with Crippen molar-refractivity contribution < 1.29 is 28.7 Å². The summed E-state index contributed by atoms with van der Waals surface area (Å²) in [4.78, 5) is 49.2. The van der Waals surface area contributed by atoms with Crippen LogP contribution in [0.1, 0.15) is 66.2 Å². The minimum Gasteiger partial charge on any atom is -0.463 e. The quantitative estimate of drug-likeness (QED) is 0.577. The molecule has 1 N–H and O–H groups in total. The van der Waals surface area contributed by atoms with E-state index in [-0.39, 0.29) is 43.8 Å². The molecule has 1 saturated heterocycles. The van der Waals surface area contributed by atoms with E-state index in [0.717, 1.165) is 17.7 Å². The van der Waals surface area contributed by atoms with Gasteiger partial charge in [-0.2, -0.15) is 0 Å². The van der Waals surface area contributed by atoms with Crippen LogP contribution in [0.25, 0.3) is 0 Å². The van der Waals surface area contributed by atoms with E-state index in [1.807, 2.05) is 0 Å². The topological polar surface area (TPSA) is 102 Å². The molecule has 3 amide bonds.